The van der Waals surface area contributed by atoms with Gasteiger partial charge < -0.3 is 5.32 Å². The molecular formula is C19H17FN4O. The van der Waals surface area contributed by atoms with Gasteiger partial charge in [0, 0.05) is 25.1 Å². The minimum absolute atomic E-state index is 0.0171. The predicted molar refractivity (Wildman–Crippen MR) is 90.5 cm³/mol. The SMILES string of the molecule is O=C(NCc1ccnc(-n2cccn2)c1)C1(c2ccc(F)cc2)CC1. The van der Waals surface area contributed by atoms with Crippen LogP contribution in [0.5, 0.6) is 0 Å². The van der Waals surface area contributed by atoms with E-state index in [0.29, 0.717) is 12.4 Å². The molecule has 0 atom stereocenters. The van der Waals surface area contributed by atoms with Gasteiger partial charge in [-0.15, -0.1) is 0 Å². The Balaban J connectivity index is 1.46. The second kappa shape index (κ2) is 6.12. The largest absolute Gasteiger partial charge is 0.351 e. The van der Waals surface area contributed by atoms with Crippen LogP contribution in [0.15, 0.2) is 61.1 Å². The Hall–Kier alpha value is -3.02. The third-order valence-electron chi connectivity index (χ3n) is 4.58. The third-order valence-corrected chi connectivity index (χ3v) is 4.58. The van der Waals surface area contributed by atoms with E-state index < -0.39 is 5.41 Å². The monoisotopic (exact) mass is 336 g/mol. The second-order valence-electron chi connectivity index (χ2n) is 6.24. The molecule has 1 saturated carbocycles. The van der Waals surface area contributed by atoms with Crippen molar-refractivity contribution in [3.8, 4) is 5.82 Å². The quantitative estimate of drug-likeness (QED) is 0.779. The van der Waals surface area contributed by atoms with Crippen LogP contribution in [0, 0.1) is 5.82 Å². The third kappa shape index (κ3) is 3.03. The molecule has 6 heteroatoms. The Morgan fingerprint density at radius 2 is 2.00 bits per heavy atom. The summed E-state index contributed by atoms with van der Waals surface area (Å²) in [7, 11) is 0. The van der Waals surface area contributed by atoms with E-state index in [1.807, 2.05) is 24.4 Å². The van der Waals surface area contributed by atoms with E-state index in [-0.39, 0.29) is 11.7 Å². The number of nitrogens with one attached hydrogen (secondary N) is 1. The molecule has 1 aliphatic carbocycles. The zero-order valence-corrected chi connectivity index (χ0v) is 13.5. The van der Waals surface area contributed by atoms with E-state index in [0.717, 1.165) is 24.0 Å². The molecule has 25 heavy (non-hydrogen) atoms. The standard InChI is InChI=1S/C19H17FN4O/c20-16-4-2-15(3-5-16)19(7-8-19)18(25)22-13-14-6-10-21-17(12-14)24-11-1-9-23-24/h1-6,9-12H,7-8,13H2,(H,22,25). The van der Waals surface area contributed by atoms with Crippen molar-refractivity contribution in [2.24, 2.45) is 0 Å². The van der Waals surface area contributed by atoms with Crippen LogP contribution >= 0.6 is 0 Å². The molecule has 5 nitrogen and oxygen atoms in total. The summed E-state index contributed by atoms with van der Waals surface area (Å²) in [5, 5.41) is 7.15. The molecule has 0 bridgehead atoms. The lowest BCUT2D eigenvalue weighted by Crippen LogP contribution is -2.34. The molecule has 2 aromatic heterocycles. The fraction of sp³-hybridized carbons (Fsp3) is 0.211. The van der Waals surface area contributed by atoms with E-state index >= 15 is 0 Å². The zero-order valence-electron chi connectivity index (χ0n) is 13.5. The molecule has 0 radical (unpaired) electrons. The molecule has 3 aromatic rings. The molecule has 1 N–H and O–H groups in total. The Kier molecular flexibility index (Phi) is 3.80. The number of halogens is 1. The van der Waals surface area contributed by atoms with E-state index in [1.165, 1.54) is 12.1 Å². The lowest BCUT2D eigenvalue weighted by molar-refractivity contribution is -0.123. The summed E-state index contributed by atoms with van der Waals surface area (Å²) in [4.78, 5) is 16.9. The van der Waals surface area contributed by atoms with Crippen molar-refractivity contribution in [3.63, 3.8) is 0 Å². The average Bonchev–Trinajstić information content (AvgIpc) is 3.26. The van der Waals surface area contributed by atoms with Gasteiger partial charge in [-0.2, -0.15) is 5.10 Å². The molecular weight excluding hydrogens is 319 g/mol. The molecule has 1 amide bonds. The number of benzene rings is 1. The first-order valence-corrected chi connectivity index (χ1v) is 8.17. The summed E-state index contributed by atoms with van der Waals surface area (Å²) < 4.78 is 14.8. The van der Waals surface area contributed by atoms with Crippen molar-refractivity contribution in [3.05, 3.63) is 78.0 Å². The van der Waals surface area contributed by atoms with Gasteiger partial charge in [0.05, 0.1) is 5.41 Å². The maximum Gasteiger partial charge on any atom is 0.230 e. The van der Waals surface area contributed by atoms with E-state index in [1.54, 1.807) is 29.2 Å². The van der Waals surface area contributed by atoms with E-state index in [2.05, 4.69) is 15.4 Å². The smallest absolute Gasteiger partial charge is 0.230 e. The molecule has 126 valence electrons. The Morgan fingerprint density at radius 1 is 1.20 bits per heavy atom. The average molecular weight is 336 g/mol. The Morgan fingerprint density at radius 3 is 2.68 bits per heavy atom. The Bertz CT molecular complexity index is 886. The highest BCUT2D eigenvalue weighted by atomic mass is 19.1. The molecule has 4 rings (SSSR count). The number of hydrogen-bond donors (Lipinski definition) is 1. The zero-order chi connectivity index (χ0) is 17.3. The van der Waals surface area contributed by atoms with Gasteiger partial charge >= 0.3 is 0 Å². The van der Waals surface area contributed by atoms with Crippen molar-refractivity contribution in [2.45, 2.75) is 24.8 Å². The Labute approximate surface area is 144 Å². The first-order chi connectivity index (χ1) is 12.2. The van der Waals surface area contributed by atoms with Crippen LogP contribution in [0.4, 0.5) is 4.39 Å². The fourth-order valence-electron chi connectivity index (χ4n) is 2.99. The van der Waals surface area contributed by atoms with Gasteiger partial charge in [0.2, 0.25) is 5.91 Å². The van der Waals surface area contributed by atoms with E-state index in [4.69, 9.17) is 0 Å². The lowest BCUT2D eigenvalue weighted by atomic mass is 9.95. The number of rotatable bonds is 5. The topological polar surface area (TPSA) is 59.8 Å². The van der Waals surface area contributed by atoms with Crippen LogP contribution in [0.2, 0.25) is 0 Å². The summed E-state index contributed by atoms with van der Waals surface area (Å²) in [5.74, 6) is 0.399. The van der Waals surface area contributed by atoms with Crippen LogP contribution in [0.3, 0.4) is 0 Å². The lowest BCUT2D eigenvalue weighted by Gasteiger charge is -2.16. The molecule has 0 spiro atoms. The van der Waals surface area contributed by atoms with Crippen molar-refractivity contribution < 1.29 is 9.18 Å². The van der Waals surface area contributed by atoms with Crippen LogP contribution in [-0.4, -0.2) is 20.7 Å². The van der Waals surface area contributed by atoms with Crippen LogP contribution < -0.4 is 5.32 Å². The maximum absolute atomic E-state index is 13.1. The van der Waals surface area contributed by atoms with Crippen molar-refractivity contribution in [1.29, 1.82) is 0 Å². The van der Waals surface area contributed by atoms with Crippen molar-refractivity contribution in [1.82, 2.24) is 20.1 Å². The maximum atomic E-state index is 13.1. The molecule has 1 aliphatic rings. The summed E-state index contributed by atoms with van der Waals surface area (Å²) >= 11 is 0. The molecule has 2 heterocycles. The molecule has 1 fully saturated rings. The molecule has 1 aromatic carbocycles. The van der Waals surface area contributed by atoms with Gasteiger partial charge in [-0.1, -0.05) is 12.1 Å². The first kappa shape index (κ1) is 15.5. The van der Waals surface area contributed by atoms with Crippen LogP contribution in [0.1, 0.15) is 24.0 Å². The summed E-state index contributed by atoms with van der Waals surface area (Å²) in [6.45, 7) is 0.415. The highest BCUT2D eigenvalue weighted by molar-refractivity contribution is 5.91. The van der Waals surface area contributed by atoms with Gasteiger partial charge in [0.15, 0.2) is 5.82 Å². The fourth-order valence-corrected chi connectivity index (χ4v) is 2.99. The number of pyridine rings is 1. The normalized spacial score (nSPS) is 14.9. The van der Waals surface area contributed by atoms with Gasteiger partial charge in [-0.3, -0.25) is 4.79 Å². The second-order valence-corrected chi connectivity index (χ2v) is 6.24. The number of hydrogen-bond acceptors (Lipinski definition) is 3. The highest BCUT2D eigenvalue weighted by Crippen LogP contribution is 2.48. The van der Waals surface area contributed by atoms with Gasteiger partial charge in [-0.25, -0.2) is 14.1 Å². The van der Waals surface area contributed by atoms with Crippen molar-refractivity contribution >= 4 is 5.91 Å². The number of nitrogens with zero attached hydrogens (tertiary/aromatic N) is 3. The van der Waals surface area contributed by atoms with Gasteiger partial charge in [0.1, 0.15) is 5.82 Å². The molecule has 0 saturated heterocycles. The minimum Gasteiger partial charge on any atom is -0.351 e. The predicted octanol–water partition coefficient (Wildman–Crippen LogP) is 2.75. The number of carbonyl (C=O) groups excluding carboxylic acids is 1. The summed E-state index contributed by atoms with van der Waals surface area (Å²) in [6, 6.07) is 11.8. The van der Waals surface area contributed by atoms with Crippen LogP contribution in [0.25, 0.3) is 5.82 Å². The molecule has 0 aliphatic heterocycles. The summed E-state index contributed by atoms with van der Waals surface area (Å²) in [5.41, 5.74) is 1.31. The summed E-state index contributed by atoms with van der Waals surface area (Å²) in [6.07, 6.45) is 6.79. The van der Waals surface area contributed by atoms with E-state index in [9.17, 15) is 9.18 Å². The number of amides is 1. The van der Waals surface area contributed by atoms with Crippen LogP contribution in [-0.2, 0) is 16.8 Å². The van der Waals surface area contributed by atoms with Crippen molar-refractivity contribution in [2.75, 3.05) is 0 Å². The van der Waals surface area contributed by atoms with Gasteiger partial charge in [-0.05, 0) is 54.3 Å². The highest BCUT2D eigenvalue weighted by Gasteiger charge is 2.51. The first-order valence-electron chi connectivity index (χ1n) is 8.17. The minimum atomic E-state index is -0.508. The number of aromatic nitrogens is 3. The van der Waals surface area contributed by atoms with Gasteiger partial charge in [0.25, 0.3) is 0 Å². The molecule has 0 unspecified atom stereocenters. The number of carbonyl (C=O) groups is 1.